The van der Waals surface area contributed by atoms with Crippen LogP contribution < -0.4 is 15.4 Å². The molecule has 20 heavy (non-hydrogen) atoms. The Morgan fingerprint density at radius 3 is 2.55 bits per heavy atom. The molecule has 2 rings (SSSR count). The Hall–Kier alpha value is -1.96. The van der Waals surface area contributed by atoms with Crippen LogP contribution in [0, 0.1) is 6.92 Å². The van der Waals surface area contributed by atoms with E-state index in [-0.39, 0.29) is 6.10 Å². The van der Waals surface area contributed by atoms with Gasteiger partial charge in [-0.25, -0.2) is 4.98 Å². The van der Waals surface area contributed by atoms with E-state index in [0.29, 0.717) is 24.5 Å². The molecule has 2 aromatic rings. The maximum absolute atomic E-state index is 5.50. The van der Waals surface area contributed by atoms with Gasteiger partial charge in [0.1, 0.15) is 5.01 Å². The molecule has 0 saturated carbocycles. The van der Waals surface area contributed by atoms with E-state index >= 15 is 0 Å². The summed E-state index contributed by atoms with van der Waals surface area (Å²) < 4.78 is 5.50. The predicted molar refractivity (Wildman–Crippen MR) is 79.3 cm³/mol. The summed E-state index contributed by atoms with van der Waals surface area (Å²) in [6.45, 7) is 6.39. The third-order valence-electron chi connectivity index (χ3n) is 2.24. The van der Waals surface area contributed by atoms with Crippen LogP contribution in [0.25, 0.3) is 0 Å². The van der Waals surface area contributed by atoms with Crippen LogP contribution in [-0.4, -0.2) is 33.1 Å². The molecule has 0 spiro atoms. The first-order chi connectivity index (χ1) is 9.56. The lowest BCUT2D eigenvalue weighted by Gasteiger charge is -2.10. The molecule has 0 aliphatic rings. The van der Waals surface area contributed by atoms with Gasteiger partial charge in [0.05, 0.1) is 12.6 Å². The largest absolute Gasteiger partial charge is 0.461 e. The van der Waals surface area contributed by atoms with Crippen LogP contribution in [-0.2, 0) is 6.54 Å². The van der Waals surface area contributed by atoms with Crippen molar-refractivity contribution < 1.29 is 4.74 Å². The number of ether oxygens (including phenoxy) is 1. The van der Waals surface area contributed by atoms with Crippen molar-refractivity contribution >= 4 is 23.2 Å². The number of nitrogens with zero attached hydrogens (tertiary/aromatic N) is 4. The van der Waals surface area contributed by atoms with E-state index in [1.54, 1.807) is 18.4 Å². The van der Waals surface area contributed by atoms with Crippen LogP contribution in [0.2, 0.25) is 0 Å². The molecule has 2 aromatic heterocycles. The van der Waals surface area contributed by atoms with Gasteiger partial charge in [0, 0.05) is 18.1 Å². The summed E-state index contributed by atoms with van der Waals surface area (Å²) in [4.78, 5) is 17.0. The molecule has 0 amide bonds. The van der Waals surface area contributed by atoms with E-state index < -0.39 is 0 Å². The highest BCUT2D eigenvalue weighted by atomic mass is 32.1. The molecule has 0 fully saturated rings. The zero-order valence-corrected chi connectivity index (χ0v) is 12.8. The Morgan fingerprint density at radius 1 is 1.20 bits per heavy atom. The highest BCUT2D eigenvalue weighted by molar-refractivity contribution is 7.09. The van der Waals surface area contributed by atoms with E-state index in [0.717, 1.165) is 10.7 Å². The zero-order chi connectivity index (χ0) is 14.5. The van der Waals surface area contributed by atoms with Gasteiger partial charge < -0.3 is 15.4 Å². The second-order valence-corrected chi connectivity index (χ2v) is 5.36. The average Bonchev–Trinajstić information content (AvgIpc) is 2.81. The minimum absolute atomic E-state index is 0.0107. The number of hydrogen-bond donors (Lipinski definition) is 2. The van der Waals surface area contributed by atoms with Crippen molar-refractivity contribution in [3.05, 3.63) is 16.1 Å². The highest BCUT2D eigenvalue weighted by Crippen LogP contribution is 2.14. The number of thiazole rings is 1. The van der Waals surface area contributed by atoms with Crippen molar-refractivity contribution in [1.29, 1.82) is 0 Å². The Morgan fingerprint density at radius 2 is 1.95 bits per heavy atom. The summed E-state index contributed by atoms with van der Waals surface area (Å²) in [5.41, 5.74) is 1.02. The van der Waals surface area contributed by atoms with Crippen LogP contribution in [0.4, 0.5) is 11.9 Å². The van der Waals surface area contributed by atoms with E-state index in [9.17, 15) is 0 Å². The quantitative estimate of drug-likeness (QED) is 0.843. The van der Waals surface area contributed by atoms with Crippen LogP contribution in [0.1, 0.15) is 24.5 Å². The Bertz CT molecular complexity index is 571. The van der Waals surface area contributed by atoms with Crippen LogP contribution in [0.15, 0.2) is 5.38 Å². The van der Waals surface area contributed by atoms with Gasteiger partial charge in [-0.2, -0.15) is 15.0 Å². The Balaban J connectivity index is 2.09. The molecule has 0 aliphatic heterocycles. The van der Waals surface area contributed by atoms with Gasteiger partial charge in [-0.1, -0.05) is 0 Å². The fraction of sp³-hybridized carbons (Fsp3) is 0.500. The van der Waals surface area contributed by atoms with Gasteiger partial charge in [-0.05, 0) is 20.8 Å². The molecule has 0 saturated heterocycles. The Labute approximate surface area is 121 Å². The van der Waals surface area contributed by atoms with E-state index in [1.807, 2.05) is 26.2 Å². The second kappa shape index (κ2) is 6.47. The standard InChI is InChI=1S/C12H18N6OS/c1-7(2)19-12-17-10(13-4)16-11(18-12)14-5-9-15-8(3)6-20-9/h6-7H,5H2,1-4H3,(H2,13,14,16,17,18). The fourth-order valence-electron chi connectivity index (χ4n) is 1.45. The average molecular weight is 294 g/mol. The summed E-state index contributed by atoms with van der Waals surface area (Å²) in [6.07, 6.45) is 0.0107. The van der Waals surface area contributed by atoms with E-state index in [1.165, 1.54) is 0 Å². The maximum Gasteiger partial charge on any atom is 0.323 e. The van der Waals surface area contributed by atoms with Gasteiger partial charge in [-0.15, -0.1) is 11.3 Å². The van der Waals surface area contributed by atoms with Crippen molar-refractivity contribution in [3.8, 4) is 6.01 Å². The monoisotopic (exact) mass is 294 g/mol. The molecule has 108 valence electrons. The number of rotatable bonds is 6. The van der Waals surface area contributed by atoms with E-state index in [4.69, 9.17) is 4.74 Å². The normalized spacial score (nSPS) is 10.7. The van der Waals surface area contributed by atoms with Gasteiger partial charge >= 0.3 is 6.01 Å². The van der Waals surface area contributed by atoms with Crippen molar-refractivity contribution in [2.45, 2.75) is 33.4 Å². The SMILES string of the molecule is CNc1nc(NCc2nc(C)cs2)nc(OC(C)C)n1. The molecule has 0 unspecified atom stereocenters. The first kappa shape index (κ1) is 14.4. The van der Waals surface area contributed by atoms with Crippen molar-refractivity contribution in [1.82, 2.24) is 19.9 Å². The lowest BCUT2D eigenvalue weighted by molar-refractivity contribution is 0.222. The third-order valence-corrected chi connectivity index (χ3v) is 3.21. The second-order valence-electron chi connectivity index (χ2n) is 4.42. The number of nitrogens with one attached hydrogen (secondary N) is 2. The molecule has 0 atom stereocenters. The van der Waals surface area contributed by atoms with Gasteiger partial charge in [0.2, 0.25) is 11.9 Å². The summed E-state index contributed by atoms with van der Waals surface area (Å²) in [7, 11) is 1.75. The van der Waals surface area contributed by atoms with Crippen LogP contribution in [0.3, 0.4) is 0 Å². The molecular weight excluding hydrogens is 276 g/mol. The zero-order valence-electron chi connectivity index (χ0n) is 12.0. The summed E-state index contributed by atoms with van der Waals surface area (Å²) in [5, 5.41) is 9.01. The first-order valence-corrected chi connectivity index (χ1v) is 7.20. The molecule has 7 nitrogen and oxygen atoms in total. The molecule has 0 bridgehead atoms. The number of aromatic nitrogens is 4. The molecule has 0 aromatic carbocycles. The summed E-state index contributed by atoms with van der Waals surface area (Å²) in [5.74, 6) is 0.932. The molecule has 2 N–H and O–H groups in total. The summed E-state index contributed by atoms with van der Waals surface area (Å²) >= 11 is 1.60. The lowest BCUT2D eigenvalue weighted by atomic mass is 10.5. The first-order valence-electron chi connectivity index (χ1n) is 6.32. The van der Waals surface area contributed by atoms with Crippen molar-refractivity contribution in [3.63, 3.8) is 0 Å². The van der Waals surface area contributed by atoms with Crippen LogP contribution >= 0.6 is 11.3 Å². The predicted octanol–water partition coefficient (Wildman–Crippen LogP) is 2.08. The number of aryl methyl sites for hydroxylation is 1. The minimum Gasteiger partial charge on any atom is -0.461 e. The van der Waals surface area contributed by atoms with Gasteiger partial charge in [0.25, 0.3) is 0 Å². The number of hydrogen-bond acceptors (Lipinski definition) is 8. The van der Waals surface area contributed by atoms with Gasteiger partial charge in [0.15, 0.2) is 0 Å². The van der Waals surface area contributed by atoms with E-state index in [2.05, 4.69) is 30.6 Å². The van der Waals surface area contributed by atoms with Gasteiger partial charge in [-0.3, -0.25) is 0 Å². The molecule has 0 radical (unpaired) electrons. The topological polar surface area (TPSA) is 84.9 Å². The van der Waals surface area contributed by atoms with Crippen molar-refractivity contribution in [2.75, 3.05) is 17.7 Å². The van der Waals surface area contributed by atoms with Crippen LogP contribution in [0.5, 0.6) is 6.01 Å². The molecular formula is C12H18N6OS. The highest BCUT2D eigenvalue weighted by Gasteiger charge is 2.08. The summed E-state index contributed by atoms with van der Waals surface area (Å²) in [6, 6.07) is 0.303. The fourth-order valence-corrected chi connectivity index (χ4v) is 2.16. The lowest BCUT2D eigenvalue weighted by Crippen LogP contribution is -2.13. The molecule has 8 heteroatoms. The number of anilines is 2. The Kier molecular flexibility index (Phi) is 4.67. The smallest absolute Gasteiger partial charge is 0.323 e. The van der Waals surface area contributed by atoms with Crippen molar-refractivity contribution in [2.24, 2.45) is 0 Å². The molecule has 0 aliphatic carbocycles. The maximum atomic E-state index is 5.50. The third kappa shape index (κ3) is 4.02. The molecule has 2 heterocycles. The minimum atomic E-state index is 0.0107.